The van der Waals surface area contributed by atoms with E-state index in [9.17, 15) is 0 Å². The Hall–Kier alpha value is -0.160. The van der Waals surface area contributed by atoms with Crippen molar-refractivity contribution in [2.24, 2.45) is 28.5 Å². The Morgan fingerprint density at radius 2 is 1.67 bits per heavy atom. The third-order valence-corrected chi connectivity index (χ3v) is 5.69. The van der Waals surface area contributed by atoms with Crippen LogP contribution in [0.3, 0.4) is 0 Å². The summed E-state index contributed by atoms with van der Waals surface area (Å²) in [5.41, 5.74) is 18.8. The maximum Gasteiger partial charge on any atom is 0.0306 e. The molecule has 0 aliphatic heterocycles. The van der Waals surface area contributed by atoms with Gasteiger partial charge in [0.2, 0.25) is 0 Å². The van der Waals surface area contributed by atoms with Crippen LogP contribution in [0, 0.1) is 11.3 Å². The van der Waals surface area contributed by atoms with Crippen LogP contribution in [0.25, 0.3) is 0 Å². The standard InChI is InChI=1S/C17H36N4/c1-15(2)8-14(9-16(3,20)11-15)21-17(12-19)6-4-13(10-18)5-7-17/h13-14,21H,4-12,18-20H2,1-3H3. The smallest absolute Gasteiger partial charge is 0.0306 e. The Balaban J connectivity index is 2.01. The van der Waals surface area contributed by atoms with Crippen molar-refractivity contribution in [1.82, 2.24) is 5.32 Å². The highest BCUT2D eigenvalue weighted by molar-refractivity contribution is 5.02. The van der Waals surface area contributed by atoms with E-state index in [0.29, 0.717) is 17.4 Å². The van der Waals surface area contributed by atoms with Crippen molar-refractivity contribution in [2.45, 2.75) is 82.8 Å². The fourth-order valence-electron chi connectivity index (χ4n) is 4.95. The van der Waals surface area contributed by atoms with Gasteiger partial charge in [0, 0.05) is 23.7 Å². The van der Waals surface area contributed by atoms with Crippen LogP contribution in [-0.2, 0) is 0 Å². The number of hydrogen-bond acceptors (Lipinski definition) is 4. The van der Waals surface area contributed by atoms with E-state index in [1.165, 1.54) is 19.3 Å². The average molecular weight is 297 g/mol. The third kappa shape index (κ3) is 4.41. The lowest BCUT2D eigenvalue weighted by atomic mass is 9.66. The van der Waals surface area contributed by atoms with E-state index in [4.69, 9.17) is 17.2 Å². The van der Waals surface area contributed by atoms with Gasteiger partial charge in [-0.05, 0) is 69.7 Å². The summed E-state index contributed by atoms with van der Waals surface area (Å²) >= 11 is 0. The van der Waals surface area contributed by atoms with Crippen molar-refractivity contribution in [1.29, 1.82) is 0 Å². The molecule has 2 saturated carbocycles. The van der Waals surface area contributed by atoms with Gasteiger partial charge < -0.3 is 22.5 Å². The Morgan fingerprint density at radius 3 is 2.14 bits per heavy atom. The minimum Gasteiger partial charge on any atom is -0.330 e. The normalized spacial score (nSPS) is 43.7. The van der Waals surface area contributed by atoms with Crippen molar-refractivity contribution in [3.8, 4) is 0 Å². The first-order valence-electron chi connectivity index (χ1n) is 8.66. The van der Waals surface area contributed by atoms with Crippen molar-refractivity contribution < 1.29 is 0 Å². The molecule has 4 nitrogen and oxygen atoms in total. The Bertz CT molecular complexity index is 327. The third-order valence-electron chi connectivity index (χ3n) is 5.69. The molecule has 0 heterocycles. The van der Waals surface area contributed by atoms with Crippen molar-refractivity contribution in [3.05, 3.63) is 0 Å². The summed E-state index contributed by atoms with van der Waals surface area (Å²) in [4.78, 5) is 0. The summed E-state index contributed by atoms with van der Waals surface area (Å²) in [6, 6.07) is 0.488. The lowest BCUT2D eigenvalue weighted by molar-refractivity contribution is 0.0906. The Kier molecular flexibility index (Phi) is 5.04. The van der Waals surface area contributed by atoms with E-state index < -0.39 is 0 Å². The molecule has 4 heteroatoms. The fourth-order valence-corrected chi connectivity index (χ4v) is 4.95. The molecule has 0 radical (unpaired) electrons. The van der Waals surface area contributed by atoms with Gasteiger partial charge in [-0.2, -0.15) is 0 Å². The minimum atomic E-state index is -0.0658. The molecule has 0 amide bonds. The molecule has 0 bridgehead atoms. The summed E-state index contributed by atoms with van der Waals surface area (Å²) in [5, 5.41) is 3.93. The molecule has 0 saturated heterocycles. The summed E-state index contributed by atoms with van der Waals surface area (Å²) < 4.78 is 0. The highest BCUT2D eigenvalue weighted by Gasteiger charge is 2.42. The van der Waals surface area contributed by atoms with Gasteiger partial charge in [-0.3, -0.25) is 0 Å². The number of hydrogen-bond donors (Lipinski definition) is 4. The molecule has 124 valence electrons. The molecule has 2 aliphatic rings. The monoisotopic (exact) mass is 296 g/mol. The predicted octanol–water partition coefficient (Wildman–Crippen LogP) is 1.72. The van der Waals surface area contributed by atoms with Gasteiger partial charge in [0.1, 0.15) is 0 Å². The van der Waals surface area contributed by atoms with Gasteiger partial charge in [-0.25, -0.2) is 0 Å². The first-order valence-corrected chi connectivity index (χ1v) is 8.66. The second-order valence-electron chi connectivity index (χ2n) is 8.91. The van der Waals surface area contributed by atoms with E-state index >= 15 is 0 Å². The van der Waals surface area contributed by atoms with Crippen LogP contribution in [0.1, 0.15) is 65.7 Å². The first kappa shape index (κ1) is 17.2. The summed E-state index contributed by atoms with van der Waals surface area (Å²) in [6.07, 6.45) is 8.07. The molecule has 7 N–H and O–H groups in total. The van der Waals surface area contributed by atoms with Crippen LogP contribution in [0.5, 0.6) is 0 Å². The lowest BCUT2D eigenvalue weighted by Crippen LogP contribution is -2.61. The van der Waals surface area contributed by atoms with Crippen LogP contribution in [0.15, 0.2) is 0 Å². The second-order valence-corrected chi connectivity index (χ2v) is 8.91. The summed E-state index contributed by atoms with van der Waals surface area (Å²) in [6.45, 7) is 8.42. The molecule has 0 aromatic heterocycles. The largest absolute Gasteiger partial charge is 0.330 e. The van der Waals surface area contributed by atoms with Crippen LogP contribution < -0.4 is 22.5 Å². The molecular formula is C17H36N4. The second kappa shape index (κ2) is 6.15. The van der Waals surface area contributed by atoms with Gasteiger partial charge in [0.05, 0.1) is 0 Å². The average Bonchev–Trinajstić information content (AvgIpc) is 2.35. The summed E-state index contributed by atoms with van der Waals surface area (Å²) in [5.74, 6) is 0.689. The first-order chi connectivity index (χ1) is 9.69. The SMILES string of the molecule is CC1(C)CC(NC2(CN)CCC(CN)CC2)CC(C)(N)C1. The molecule has 2 unspecified atom stereocenters. The zero-order chi connectivity index (χ0) is 15.7. The van der Waals surface area contributed by atoms with Crippen molar-refractivity contribution >= 4 is 0 Å². The van der Waals surface area contributed by atoms with E-state index in [1.54, 1.807) is 0 Å². The zero-order valence-electron chi connectivity index (χ0n) is 14.3. The van der Waals surface area contributed by atoms with E-state index in [2.05, 4.69) is 26.1 Å². The Morgan fingerprint density at radius 1 is 1.05 bits per heavy atom. The highest BCUT2D eigenvalue weighted by atomic mass is 15.0. The van der Waals surface area contributed by atoms with Gasteiger partial charge in [-0.1, -0.05) is 13.8 Å². The van der Waals surface area contributed by atoms with Gasteiger partial charge >= 0.3 is 0 Å². The van der Waals surface area contributed by atoms with E-state index in [0.717, 1.165) is 38.8 Å². The molecular weight excluding hydrogens is 260 g/mol. The van der Waals surface area contributed by atoms with Gasteiger partial charge in [-0.15, -0.1) is 0 Å². The fraction of sp³-hybridized carbons (Fsp3) is 1.00. The molecule has 2 fully saturated rings. The van der Waals surface area contributed by atoms with Crippen LogP contribution >= 0.6 is 0 Å². The molecule has 0 aromatic carbocycles. The topological polar surface area (TPSA) is 90.1 Å². The van der Waals surface area contributed by atoms with Crippen LogP contribution in [0.2, 0.25) is 0 Å². The van der Waals surface area contributed by atoms with Crippen LogP contribution in [0.4, 0.5) is 0 Å². The van der Waals surface area contributed by atoms with E-state index in [-0.39, 0.29) is 11.1 Å². The van der Waals surface area contributed by atoms with E-state index in [1.807, 2.05) is 0 Å². The number of nitrogens with two attached hydrogens (primary N) is 3. The molecule has 0 spiro atoms. The molecule has 2 rings (SSSR count). The zero-order valence-corrected chi connectivity index (χ0v) is 14.3. The van der Waals surface area contributed by atoms with Crippen molar-refractivity contribution in [2.75, 3.05) is 13.1 Å². The maximum absolute atomic E-state index is 6.49. The molecule has 0 aromatic rings. The molecule has 21 heavy (non-hydrogen) atoms. The highest BCUT2D eigenvalue weighted by Crippen LogP contribution is 2.41. The maximum atomic E-state index is 6.49. The quantitative estimate of drug-likeness (QED) is 0.636. The Labute approximate surface area is 130 Å². The van der Waals surface area contributed by atoms with Gasteiger partial charge in [0.15, 0.2) is 0 Å². The molecule has 2 atom stereocenters. The van der Waals surface area contributed by atoms with Crippen molar-refractivity contribution in [3.63, 3.8) is 0 Å². The van der Waals surface area contributed by atoms with Crippen LogP contribution in [-0.4, -0.2) is 30.2 Å². The number of rotatable bonds is 4. The predicted molar refractivity (Wildman–Crippen MR) is 89.9 cm³/mol. The van der Waals surface area contributed by atoms with Gasteiger partial charge in [0.25, 0.3) is 0 Å². The lowest BCUT2D eigenvalue weighted by Gasteiger charge is -2.49. The minimum absolute atomic E-state index is 0.0658. The summed E-state index contributed by atoms with van der Waals surface area (Å²) in [7, 11) is 0. The number of nitrogens with one attached hydrogen (secondary N) is 1. The molecule has 2 aliphatic carbocycles.